The molecule has 2 aromatic heterocycles. The second-order valence-electron chi connectivity index (χ2n) is 7.88. The monoisotopic (exact) mass is 452 g/mol. The summed E-state index contributed by atoms with van der Waals surface area (Å²) >= 11 is 0. The first-order valence-electron chi connectivity index (χ1n) is 11.0. The number of aromatic nitrogens is 5. The highest BCUT2D eigenvalue weighted by Gasteiger charge is 2.22. The fourth-order valence-electron chi connectivity index (χ4n) is 4.10. The van der Waals surface area contributed by atoms with E-state index in [2.05, 4.69) is 43.9 Å². The van der Waals surface area contributed by atoms with Crippen molar-refractivity contribution in [2.45, 2.75) is 0 Å². The fraction of sp³-hybridized carbons (Fsp3) is 0.160. The van der Waals surface area contributed by atoms with Gasteiger partial charge in [-0.05, 0) is 59.0 Å². The molecule has 1 N–H and O–H groups in total. The van der Waals surface area contributed by atoms with Crippen molar-refractivity contribution >= 4 is 34.1 Å². The zero-order valence-corrected chi connectivity index (χ0v) is 18.6. The fourth-order valence-corrected chi connectivity index (χ4v) is 4.10. The van der Waals surface area contributed by atoms with Crippen molar-refractivity contribution < 1.29 is 4.79 Å². The number of hydrogen-bond donors (Lipinski definition) is 1. The number of carbonyl (C=O) groups is 1. The van der Waals surface area contributed by atoms with Gasteiger partial charge in [0.25, 0.3) is 5.91 Å². The van der Waals surface area contributed by atoms with Gasteiger partial charge in [-0.25, -0.2) is 4.98 Å². The van der Waals surface area contributed by atoms with Gasteiger partial charge in [0.1, 0.15) is 0 Å². The Morgan fingerprint density at radius 1 is 0.971 bits per heavy atom. The minimum Gasteiger partial charge on any atom is -0.368 e. The zero-order valence-electron chi connectivity index (χ0n) is 18.6. The van der Waals surface area contributed by atoms with Gasteiger partial charge in [0.2, 0.25) is 5.65 Å². The molecule has 9 heteroatoms. The molecule has 34 heavy (non-hydrogen) atoms. The van der Waals surface area contributed by atoms with E-state index in [4.69, 9.17) is 0 Å². The molecule has 0 spiro atoms. The van der Waals surface area contributed by atoms with Gasteiger partial charge in [0.15, 0.2) is 5.82 Å². The van der Waals surface area contributed by atoms with Crippen LogP contribution in [-0.2, 0) is 0 Å². The number of tetrazole rings is 1. The summed E-state index contributed by atoms with van der Waals surface area (Å²) in [4.78, 5) is 21.8. The molecule has 1 saturated heterocycles. The predicted molar refractivity (Wildman–Crippen MR) is 132 cm³/mol. The highest BCUT2D eigenvalue weighted by molar-refractivity contribution is 5.95. The Labute approximate surface area is 196 Å². The topological polar surface area (TPSA) is 91.5 Å². The van der Waals surface area contributed by atoms with Crippen LogP contribution in [0.3, 0.4) is 0 Å². The van der Waals surface area contributed by atoms with Crippen molar-refractivity contribution in [3.63, 3.8) is 0 Å². The van der Waals surface area contributed by atoms with Crippen molar-refractivity contribution in [1.82, 2.24) is 34.8 Å². The Bertz CT molecular complexity index is 1400. The van der Waals surface area contributed by atoms with Gasteiger partial charge < -0.3 is 15.1 Å². The number of hydrogen-bond acceptors (Lipinski definition) is 7. The summed E-state index contributed by atoms with van der Waals surface area (Å²) in [6.07, 6.45) is 5.50. The predicted octanol–water partition coefficient (Wildman–Crippen LogP) is 3.43. The molecule has 0 unspecified atom stereocenters. The summed E-state index contributed by atoms with van der Waals surface area (Å²) < 4.78 is 1.66. The number of rotatable bonds is 6. The minimum atomic E-state index is 0.0203. The normalized spacial score (nSPS) is 14.4. The third-order valence-corrected chi connectivity index (χ3v) is 5.85. The summed E-state index contributed by atoms with van der Waals surface area (Å²) in [5, 5.41) is 15.3. The van der Waals surface area contributed by atoms with Gasteiger partial charge >= 0.3 is 0 Å². The number of benzene rings is 2. The molecule has 0 atom stereocenters. The minimum absolute atomic E-state index is 0.0203. The van der Waals surface area contributed by atoms with Crippen molar-refractivity contribution in [2.24, 2.45) is 0 Å². The Kier molecular flexibility index (Phi) is 5.73. The van der Waals surface area contributed by atoms with Crippen LogP contribution < -0.4 is 5.32 Å². The number of amides is 1. The van der Waals surface area contributed by atoms with Crippen LogP contribution in [-0.4, -0.2) is 66.9 Å². The molecular formula is C25H24N8O. The van der Waals surface area contributed by atoms with Crippen LogP contribution in [0.5, 0.6) is 0 Å². The van der Waals surface area contributed by atoms with Crippen molar-refractivity contribution in [3.8, 4) is 0 Å². The van der Waals surface area contributed by atoms with Gasteiger partial charge in [0, 0.05) is 43.1 Å². The van der Waals surface area contributed by atoms with Crippen LogP contribution in [0.25, 0.3) is 16.7 Å². The Hall–Kier alpha value is -4.53. The van der Waals surface area contributed by atoms with Crippen LogP contribution in [0.4, 0.5) is 11.5 Å². The van der Waals surface area contributed by atoms with E-state index in [1.165, 1.54) is 0 Å². The van der Waals surface area contributed by atoms with E-state index in [1.807, 2.05) is 65.6 Å². The number of fused-ring (bicyclic) bond motifs is 3. The maximum absolute atomic E-state index is 13.0. The number of allylic oxidation sites excluding steroid dienone is 3. The van der Waals surface area contributed by atoms with Crippen molar-refractivity contribution in [1.29, 1.82) is 0 Å². The molecule has 1 aliphatic rings. The third kappa shape index (κ3) is 3.99. The summed E-state index contributed by atoms with van der Waals surface area (Å²) in [7, 11) is 0. The van der Waals surface area contributed by atoms with E-state index in [1.54, 1.807) is 10.6 Å². The number of carbonyl (C=O) groups excluding carboxylic acids is 1. The summed E-state index contributed by atoms with van der Waals surface area (Å²) in [5.74, 6) is 0.566. The maximum atomic E-state index is 13.0. The highest BCUT2D eigenvalue weighted by atomic mass is 16.2. The summed E-state index contributed by atoms with van der Waals surface area (Å²) in [5.41, 5.74) is 4.59. The first-order chi connectivity index (χ1) is 16.7. The molecular weight excluding hydrogens is 428 g/mol. The second-order valence-corrected chi connectivity index (χ2v) is 7.88. The van der Waals surface area contributed by atoms with E-state index in [0.29, 0.717) is 30.1 Å². The first kappa shape index (κ1) is 21.3. The molecule has 4 aromatic rings. The molecule has 0 aliphatic carbocycles. The molecule has 1 amide bonds. The molecule has 9 nitrogen and oxygen atoms in total. The summed E-state index contributed by atoms with van der Waals surface area (Å²) in [6.45, 7) is 10.4. The Balaban J connectivity index is 1.29. The van der Waals surface area contributed by atoms with Crippen molar-refractivity contribution in [3.05, 3.63) is 91.2 Å². The van der Waals surface area contributed by atoms with Gasteiger partial charge in [-0.3, -0.25) is 4.79 Å². The average Bonchev–Trinajstić information content (AvgIpc) is 3.38. The molecule has 5 rings (SSSR count). The van der Waals surface area contributed by atoms with Gasteiger partial charge in [0.05, 0.1) is 11.0 Å². The lowest BCUT2D eigenvalue weighted by atomic mass is 10.1. The molecule has 0 saturated carbocycles. The number of anilines is 2. The van der Waals surface area contributed by atoms with Gasteiger partial charge in [-0.1, -0.05) is 31.4 Å². The lowest BCUT2D eigenvalue weighted by molar-refractivity contribution is 0.0672. The van der Waals surface area contributed by atoms with Crippen LogP contribution in [0, 0.1) is 0 Å². The molecule has 2 aromatic carbocycles. The molecule has 170 valence electrons. The average molecular weight is 453 g/mol. The van der Waals surface area contributed by atoms with Crippen LogP contribution >= 0.6 is 0 Å². The lowest BCUT2D eigenvalue weighted by Gasteiger charge is -2.36. The quantitative estimate of drug-likeness (QED) is 0.448. The molecule has 1 aliphatic heterocycles. The van der Waals surface area contributed by atoms with E-state index >= 15 is 0 Å². The van der Waals surface area contributed by atoms with Gasteiger partial charge in [-0.15, -0.1) is 5.10 Å². The summed E-state index contributed by atoms with van der Waals surface area (Å²) in [6, 6.07) is 15.0. The van der Waals surface area contributed by atoms with Crippen LogP contribution in [0.15, 0.2) is 85.6 Å². The molecule has 0 bridgehead atoms. The van der Waals surface area contributed by atoms with E-state index < -0.39 is 0 Å². The Morgan fingerprint density at radius 2 is 1.71 bits per heavy atom. The first-order valence-corrected chi connectivity index (χ1v) is 11.0. The Morgan fingerprint density at radius 3 is 2.44 bits per heavy atom. The van der Waals surface area contributed by atoms with Crippen LogP contribution in [0.1, 0.15) is 10.4 Å². The number of nitrogens with zero attached hydrogens (tertiary/aromatic N) is 7. The highest BCUT2D eigenvalue weighted by Crippen LogP contribution is 2.23. The lowest BCUT2D eigenvalue weighted by Crippen LogP contribution is -2.48. The smallest absolute Gasteiger partial charge is 0.253 e. The zero-order chi connectivity index (χ0) is 23.5. The van der Waals surface area contributed by atoms with Crippen LogP contribution in [0.2, 0.25) is 0 Å². The van der Waals surface area contributed by atoms with Crippen molar-refractivity contribution in [2.75, 3.05) is 31.5 Å². The standard InChI is InChI=1S/C25H24N8O/c1-3-7-20(4-2)31-14-16-32(17-15-31)25(34)18-10-12-19(13-11-18)26-23-24-28-29-30-33(24)22-9-6-5-8-21(22)27-23/h3-13H,1-2,14-17H2,(H,26,27)/b20-7+. The number of para-hydroxylation sites is 2. The van der Waals surface area contributed by atoms with E-state index in [9.17, 15) is 4.79 Å². The molecule has 3 heterocycles. The SMILES string of the molecule is C=C/C=C(\C=C)N1CCN(C(=O)c2ccc(Nc3nc4ccccc4n4nnnc34)cc2)CC1. The van der Waals surface area contributed by atoms with E-state index in [-0.39, 0.29) is 5.91 Å². The number of nitrogens with one attached hydrogen (secondary N) is 1. The maximum Gasteiger partial charge on any atom is 0.253 e. The molecule has 1 fully saturated rings. The van der Waals surface area contributed by atoms with E-state index in [0.717, 1.165) is 35.5 Å². The van der Waals surface area contributed by atoms with Gasteiger partial charge in [-0.2, -0.15) is 4.52 Å². The largest absolute Gasteiger partial charge is 0.368 e. The second kappa shape index (κ2) is 9.14. The molecule has 0 radical (unpaired) electrons. The third-order valence-electron chi connectivity index (χ3n) is 5.85. The number of piperazine rings is 1.